The maximum absolute atomic E-state index is 13.2. The van der Waals surface area contributed by atoms with E-state index in [2.05, 4.69) is 26.8 Å². The summed E-state index contributed by atoms with van der Waals surface area (Å²) in [5.74, 6) is -0.0260. The van der Waals surface area contributed by atoms with Gasteiger partial charge in [0.05, 0.1) is 17.6 Å². The van der Waals surface area contributed by atoms with Gasteiger partial charge in [-0.1, -0.05) is 12.7 Å². The normalized spacial score (nSPS) is 13.7. The van der Waals surface area contributed by atoms with Crippen LogP contribution in [0.15, 0.2) is 73.1 Å². The molecule has 0 atom stereocenters. The van der Waals surface area contributed by atoms with Crippen LogP contribution >= 0.6 is 0 Å². The van der Waals surface area contributed by atoms with Crippen molar-refractivity contribution in [3.8, 4) is 11.3 Å². The summed E-state index contributed by atoms with van der Waals surface area (Å²) < 4.78 is 13.2. The Morgan fingerprint density at radius 3 is 2.96 bits per heavy atom. The van der Waals surface area contributed by atoms with Gasteiger partial charge in [0.1, 0.15) is 11.5 Å². The second-order valence-electron chi connectivity index (χ2n) is 5.18. The molecule has 0 aromatic carbocycles. The largest absolute Gasteiger partial charge is 0.382 e. The fourth-order valence-electron chi connectivity index (χ4n) is 2.22. The van der Waals surface area contributed by atoms with Crippen LogP contribution in [-0.2, 0) is 0 Å². The minimum absolute atomic E-state index is 0.270. The number of hydrogen-bond acceptors (Lipinski definition) is 5. The van der Waals surface area contributed by atoms with Crippen LogP contribution in [0, 0.1) is 0 Å². The molecule has 0 unspecified atom stereocenters. The second-order valence-corrected chi connectivity index (χ2v) is 5.18. The fourth-order valence-corrected chi connectivity index (χ4v) is 2.22. The maximum Gasteiger partial charge on any atom is 0.151 e. The van der Waals surface area contributed by atoms with Crippen LogP contribution in [0.4, 0.5) is 10.2 Å². The summed E-state index contributed by atoms with van der Waals surface area (Å²) in [6.45, 7) is 3.98. The van der Waals surface area contributed by atoms with Crippen LogP contribution in [0.1, 0.15) is 12.1 Å². The molecule has 2 heterocycles. The van der Waals surface area contributed by atoms with Crippen molar-refractivity contribution >= 4 is 11.5 Å². The Balaban J connectivity index is 1.86. The zero-order valence-corrected chi connectivity index (χ0v) is 12.9. The van der Waals surface area contributed by atoms with E-state index < -0.39 is 0 Å². The molecule has 1 aliphatic rings. The Hall–Kier alpha value is -3.28. The van der Waals surface area contributed by atoms with Gasteiger partial charge in [0, 0.05) is 30.1 Å². The molecule has 3 N–H and O–H groups in total. The summed E-state index contributed by atoms with van der Waals surface area (Å²) in [4.78, 5) is 12.8. The van der Waals surface area contributed by atoms with E-state index in [-0.39, 0.29) is 11.6 Å². The Morgan fingerprint density at radius 2 is 2.17 bits per heavy atom. The lowest BCUT2D eigenvalue weighted by Crippen LogP contribution is -2.14. The number of aromatic nitrogens is 3. The Bertz CT molecular complexity index is 853. The summed E-state index contributed by atoms with van der Waals surface area (Å²) in [6.07, 6.45) is 11.7. The lowest BCUT2D eigenvalue weighted by molar-refractivity contribution is 0.667. The Morgan fingerprint density at radius 1 is 1.29 bits per heavy atom. The molecule has 0 bridgehead atoms. The molecule has 0 radical (unpaired) electrons. The number of allylic oxidation sites excluding steroid dienone is 5. The number of rotatable bonds is 4. The number of anilines is 1. The van der Waals surface area contributed by atoms with E-state index in [1.165, 1.54) is 12.2 Å². The van der Waals surface area contributed by atoms with Crippen LogP contribution in [-0.4, -0.2) is 15.0 Å². The predicted octanol–water partition coefficient (Wildman–Crippen LogP) is 3.38. The van der Waals surface area contributed by atoms with Crippen molar-refractivity contribution < 1.29 is 4.39 Å². The molecule has 5 nitrogen and oxygen atoms in total. The van der Waals surface area contributed by atoms with Crippen molar-refractivity contribution in [2.75, 3.05) is 5.73 Å². The number of nitrogens with two attached hydrogens (primary N) is 1. The monoisotopic (exact) mass is 321 g/mol. The van der Waals surface area contributed by atoms with Gasteiger partial charge in [-0.25, -0.2) is 14.4 Å². The highest BCUT2D eigenvalue weighted by Gasteiger charge is 2.11. The molecule has 1 aliphatic carbocycles. The fraction of sp³-hybridized carbons (Fsp3) is 0.0556. The summed E-state index contributed by atoms with van der Waals surface area (Å²) in [5.41, 5.74) is 9.16. The molecule has 6 heteroatoms. The lowest BCUT2D eigenvalue weighted by Gasteiger charge is -2.13. The number of pyridine rings is 1. The Labute approximate surface area is 139 Å². The average Bonchev–Trinajstić information content (AvgIpc) is 2.80. The van der Waals surface area contributed by atoms with Gasteiger partial charge in [0.25, 0.3) is 0 Å². The maximum atomic E-state index is 13.2. The first-order chi connectivity index (χ1) is 11.6. The first-order valence-electron chi connectivity index (χ1n) is 7.35. The molecule has 24 heavy (non-hydrogen) atoms. The topological polar surface area (TPSA) is 76.7 Å². The third kappa shape index (κ3) is 3.55. The smallest absolute Gasteiger partial charge is 0.151 e. The third-order valence-electron chi connectivity index (χ3n) is 3.41. The zero-order chi connectivity index (χ0) is 16.9. The molecule has 3 rings (SSSR count). The van der Waals surface area contributed by atoms with Crippen molar-refractivity contribution in [3.05, 3.63) is 78.8 Å². The predicted molar refractivity (Wildman–Crippen MR) is 92.9 cm³/mol. The first-order valence-corrected chi connectivity index (χ1v) is 7.35. The number of nitrogen functional groups attached to an aromatic ring is 1. The summed E-state index contributed by atoms with van der Waals surface area (Å²) >= 11 is 0. The van der Waals surface area contributed by atoms with Gasteiger partial charge in [-0.05, 0) is 30.4 Å². The Kier molecular flexibility index (Phi) is 4.47. The molecular weight excluding hydrogens is 305 g/mol. The van der Waals surface area contributed by atoms with Crippen LogP contribution in [0.5, 0.6) is 0 Å². The van der Waals surface area contributed by atoms with E-state index in [1.54, 1.807) is 30.7 Å². The minimum atomic E-state index is -0.296. The number of nitrogens with zero attached hydrogens (tertiary/aromatic N) is 3. The van der Waals surface area contributed by atoms with Crippen LogP contribution in [0.3, 0.4) is 0 Å². The van der Waals surface area contributed by atoms with Crippen molar-refractivity contribution in [1.82, 2.24) is 20.3 Å². The van der Waals surface area contributed by atoms with Gasteiger partial charge < -0.3 is 11.1 Å². The van der Waals surface area contributed by atoms with Gasteiger partial charge in [-0.15, -0.1) is 0 Å². The highest BCUT2D eigenvalue weighted by molar-refractivity contribution is 5.71. The highest BCUT2D eigenvalue weighted by Crippen LogP contribution is 2.22. The molecule has 0 amide bonds. The summed E-state index contributed by atoms with van der Waals surface area (Å²) in [7, 11) is 0. The number of halogens is 1. The minimum Gasteiger partial charge on any atom is -0.382 e. The van der Waals surface area contributed by atoms with Crippen LogP contribution < -0.4 is 11.1 Å². The van der Waals surface area contributed by atoms with Crippen molar-refractivity contribution in [2.24, 2.45) is 0 Å². The van der Waals surface area contributed by atoms with E-state index >= 15 is 0 Å². The first kappa shape index (κ1) is 15.6. The van der Waals surface area contributed by atoms with E-state index in [0.717, 1.165) is 11.3 Å². The van der Waals surface area contributed by atoms with Gasteiger partial charge in [-0.2, -0.15) is 0 Å². The SMILES string of the molecule is C=C(NC1=CC=C(F)C=CC1)c1nc(-c2cccnc2)cnc1N. The third-order valence-corrected chi connectivity index (χ3v) is 3.41. The molecule has 0 saturated heterocycles. The summed E-state index contributed by atoms with van der Waals surface area (Å²) in [5, 5.41) is 3.12. The van der Waals surface area contributed by atoms with Crippen LogP contribution in [0.2, 0.25) is 0 Å². The standard InChI is InChI=1S/C18H16FN5/c1-12(23-15-6-2-5-14(19)7-8-15)17-18(20)22-11-16(24-17)13-4-3-9-21-10-13/h2-5,7-11,23H,1,6H2,(H2,20,22). The molecule has 0 saturated carbocycles. The second kappa shape index (κ2) is 6.87. The van der Waals surface area contributed by atoms with Gasteiger partial charge >= 0.3 is 0 Å². The molecule has 0 fully saturated rings. The van der Waals surface area contributed by atoms with E-state index in [1.807, 2.05) is 12.1 Å². The summed E-state index contributed by atoms with van der Waals surface area (Å²) in [6, 6.07) is 3.71. The highest BCUT2D eigenvalue weighted by atomic mass is 19.1. The average molecular weight is 321 g/mol. The van der Waals surface area contributed by atoms with E-state index in [0.29, 0.717) is 23.5 Å². The molecule has 120 valence electrons. The van der Waals surface area contributed by atoms with Crippen molar-refractivity contribution in [1.29, 1.82) is 0 Å². The number of hydrogen-bond donors (Lipinski definition) is 2. The zero-order valence-electron chi connectivity index (χ0n) is 12.9. The quantitative estimate of drug-likeness (QED) is 0.903. The van der Waals surface area contributed by atoms with Gasteiger partial charge in [0.2, 0.25) is 0 Å². The van der Waals surface area contributed by atoms with E-state index in [4.69, 9.17) is 5.73 Å². The molecule has 2 aromatic rings. The molecule has 0 aliphatic heterocycles. The molecule has 2 aromatic heterocycles. The van der Waals surface area contributed by atoms with E-state index in [9.17, 15) is 4.39 Å². The van der Waals surface area contributed by atoms with Crippen LogP contribution in [0.25, 0.3) is 17.0 Å². The van der Waals surface area contributed by atoms with Crippen molar-refractivity contribution in [3.63, 3.8) is 0 Å². The number of nitrogens with one attached hydrogen (secondary N) is 1. The van der Waals surface area contributed by atoms with Gasteiger partial charge in [-0.3, -0.25) is 4.98 Å². The molecule has 0 spiro atoms. The van der Waals surface area contributed by atoms with Gasteiger partial charge in [0.15, 0.2) is 5.82 Å². The molecular formula is C18H16FN5. The lowest BCUT2D eigenvalue weighted by atomic mass is 10.2. The van der Waals surface area contributed by atoms with Crippen molar-refractivity contribution in [2.45, 2.75) is 6.42 Å².